The van der Waals surface area contributed by atoms with Crippen LogP contribution in [-0.2, 0) is 30.4 Å². The Kier molecular flexibility index (Phi) is 6.79. The van der Waals surface area contributed by atoms with E-state index in [1.165, 1.54) is 18.3 Å². The third-order valence-corrected chi connectivity index (χ3v) is 4.35. The summed E-state index contributed by atoms with van der Waals surface area (Å²) < 4.78 is 16.0. The molecule has 0 aromatic carbocycles. The van der Waals surface area contributed by atoms with Crippen molar-refractivity contribution >= 4 is 11.9 Å². The van der Waals surface area contributed by atoms with Crippen LogP contribution < -0.4 is 11.2 Å². The molecule has 0 radical (unpaired) electrons. The van der Waals surface area contributed by atoms with Crippen LogP contribution >= 0.6 is 0 Å². The van der Waals surface area contributed by atoms with E-state index in [1.807, 2.05) is 4.98 Å². The fourth-order valence-corrected chi connectivity index (χ4v) is 2.78. The SMILES string of the molecule is O=C(CC(=O)OCC1OC(n2ccc(=O)[nH]c2=O)C(O)C1O)OCc1ccc(O)cn1. The largest absolute Gasteiger partial charge is 0.506 e. The summed E-state index contributed by atoms with van der Waals surface area (Å²) in [5, 5.41) is 29.3. The van der Waals surface area contributed by atoms with Crippen LogP contribution in [-0.4, -0.2) is 66.7 Å². The summed E-state index contributed by atoms with van der Waals surface area (Å²) in [6.07, 6.45) is -3.97. The van der Waals surface area contributed by atoms with Crippen molar-refractivity contribution < 1.29 is 39.1 Å². The van der Waals surface area contributed by atoms with Gasteiger partial charge in [0.1, 0.15) is 43.7 Å². The molecule has 0 saturated carbocycles. The van der Waals surface area contributed by atoms with Crippen molar-refractivity contribution in [2.45, 2.75) is 37.6 Å². The lowest BCUT2D eigenvalue weighted by Crippen LogP contribution is -2.37. The predicted octanol–water partition coefficient (Wildman–Crippen LogP) is -2.07. The number of carbonyl (C=O) groups excluding carboxylic acids is 2. The van der Waals surface area contributed by atoms with Crippen molar-refractivity contribution in [3.63, 3.8) is 0 Å². The average Bonchev–Trinajstić information content (AvgIpc) is 3.00. The zero-order valence-electron chi connectivity index (χ0n) is 15.9. The number of pyridine rings is 1. The minimum absolute atomic E-state index is 0.0484. The molecule has 31 heavy (non-hydrogen) atoms. The molecule has 13 nitrogen and oxygen atoms in total. The lowest BCUT2D eigenvalue weighted by molar-refractivity contribution is -0.158. The molecule has 0 spiro atoms. The number of ether oxygens (including phenoxy) is 3. The van der Waals surface area contributed by atoms with Crippen molar-refractivity contribution in [3.8, 4) is 5.75 Å². The monoisotopic (exact) mass is 437 g/mol. The molecule has 4 atom stereocenters. The summed E-state index contributed by atoms with van der Waals surface area (Å²) in [7, 11) is 0. The summed E-state index contributed by atoms with van der Waals surface area (Å²) >= 11 is 0. The highest BCUT2D eigenvalue weighted by atomic mass is 16.6. The number of aromatic nitrogens is 3. The predicted molar refractivity (Wildman–Crippen MR) is 98.5 cm³/mol. The maximum atomic E-state index is 11.8. The summed E-state index contributed by atoms with van der Waals surface area (Å²) in [6.45, 7) is -0.711. The van der Waals surface area contributed by atoms with Crippen LogP contribution in [0, 0.1) is 0 Å². The van der Waals surface area contributed by atoms with Crippen molar-refractivity contribution in [1.82, 2.24) is 14.5 Å². The number of aliphatic hydroxyl groups is 2. The Hall–Kier alpha value is -3.55. The third kappa shape index (κ3) is 5.53. The molecule has 1 fully saturated rings. The molecule has 1 aliphatic heterocycles. The summed E-state index contributed by atoms with van der Waals surface area (Å²) in [6, 6.07) is 3.84. The molecular formula is C18H19N3O10. The van der Waals surface area contributed by atoms with Gasteiger partial charge in [0.25, 0.3) is 5.56 Å². The second-order valence-corrected chi connectivity index (χ2v) is 6.59. The first-order valence-electron chi connectivity index (χ1n) is 9.03. The first kappa shape index (κ1) is 22.1. The molecule has 13 heteroatoms. The van der Waals surface area contributed by atoms with Crippen LogP contribution in [0.3, 0.4) is 0 Å². The number of esters is 2. The van der Waals surface area contributed by atoms with Crippen molar-refractivity contribution in [1.29, 1.82) is 0 Å². The van der Waals surface area contributed by atoms with Gasteiger partial charge in [0.05, 0.1) is 11.9 Å². The van der Waals surface area contributed by atoms with Gasteiger partial charge in [-0.2, -0.15) is 0 Å². The average molecular weight is 437 g/mol. The zero-order valence-corrected chi connectivity index (χ0v) is 15.9. The molecule has 4 N–H and O–H groups in total. The van der Waals surface area contributed by atoms with E-state index >= 15 is 0 Å². The number of rotatable bonds is 7. The zero-order chi connectivity index (χ0) is 22.5. The van der Waals surface area contributed by atoms with Crippen LogP contribution in [0.2, 0.25) is 0 Å². The van der Waals surface area contributed by atoms with Crippen molar-refractivity contribution in [2.24, 2.45) is 0 Å². The smallest absolute Gasteiger partial charge is 0.330 e. The van der Waals surface area contributed by atoms with E-state index in [-0.39, 0.29) is 12.4 Å². The third-order valence-electron chi connectivity index (χ3n) is 4.35. The molecule has 0 bridgehead atoms. The maximum absolute atomic E-state index is 11.8. The van der Waals surface area contributed by atoms with Crippen molar-refractivity contribution in [3.05, 3.63) is 57.1 Å². The second kappa shape index (κ2) is 9.51. The van der Waals surface area contributed by atoms with Gasteiger partial charge in [0.2, 0.25) is 0 Å². The Morgan fingerprint density at radius 3 is 2.55 bits per heavy atom. The number of hydrogen-bond acceptors (Lipinski definition) is 11. The van der Waals surface area contributed by atoms with E-state index in [0.717, 1.165) is 16.8 Å². The molecule has 1 saturated heterocycles. The van der Waals surface area contributed by atoms with Crippen LogP contribution in [0.4, 0.5) is 0 Å². The molecule has 1 aliphatic rings. The summed E-state index contributed by atoms with van der Waals surface area (Å²) in [5.74, 6) is -1.89. The number of H-pyrrole nitrogens is 1. The Bertz CT molecular complexity index is 1050. The lowest BCUT2D eigenvalue weighted by atomic mass is 10.1. The van der Waals surface area contributed by atoms with E-state index < -0.39 is 60.8 Å². The maximum Gasteiger partial charge on any atom is 0.330 e. The van der Waals surface area contributed by atoms with Gasteiger partial charge in [-0.15, -0.1) is 0 Å². The normalized spacial score (nSPS) is 22.8. The summed E-state index contributed by atoms with van der Waals surface area (Å²) in [5.41, 5.74) is -1.14. The van der Waals surface area contributed by atoms with Crippen LogP contribution in [0.15, 0.2) is 40.2 Å². The lowest BCUT2D eigenvalue weighted by Gasteiger charge is -2.16. The quantitative estimate of drug-likeness (QED) is 0.275. The Balaban J connectivity index is 1.48. The number of carbonyl (C=O) groups is 2. The molecule has 2 aromatic rings. The van der Waals surface area contributed by atoms with E-state index in [9.17, 15) is 29.4 Å². The second-order valence-electron chi connectivity index (χ2n) is 6.59. The molecule has 4 unspecified atom stereocenters. The fraction of sp³-hybridized carbons (Fsp3) is 0.389. The van der Waals surface area contributed by atoms with Crippen molar-refractivity contribution in [2.75, 3.05) is 6.61 Å². The van der Waals surface area contributed by atoms with Gasteiger partial charge in [-0.1, -0.05) is 0 Å². The van der Waals surface area contributed by atoms with E-state index in [4.69, 9.17) is 19.3 Å². The van der Waals surface area contributed by atoms with Gasteiger partial charge < -0.3 is 29.5 Å². The van der Waals surface area contributed by atoms with Gasteiger partial charge in [-0.05, 0) is 12.1 Å². The number of aromatic hydroxyl groups is 1. The van der Waals surface area contributed by atoms with Crippen LogP contribution in [0.5, 0.6) is 5.75 Å². The van der Waals surface area contributed by atoms with E-state index in [0.29, 0.717) is 5.69 Å². The first-order valence-corrected chi connectivity index (χ1v) is 9.03. The Labute approximate surface area is 173 Å². The van der Waals surface area contributed by atoms with Crippen LogP contribution in [0.1, 0.15) is 18.3 Å². The van der Waals surface area contributed by atoms with Crippen LogP contribution in [0.25, 0.3) is 0 Å². The number of aromatic amines is 1. The minimum atomic E-state index is -1.53. The molecule has 166 valence electrons. The molecule has 0 aliphatic carbocycles. The standard InChI is InChI=1S/C18H19N3O10/c22-10-2-1-9(19-6-10)7-29-13(24)5-14(25)30-8-11-15(26)16(27)17(31-11)21-4-3-12(23)20-18(21)28/h1-4,6,11,15-17,22,26-27H,5,7-8H2,(H,20,23,28). The van der Waals surface area contributed by atoms with Gasteiger partial charge >= 0.3 is 17.6 Å². The minimum Gasteiger partial charge on any atom is -0.506 e. The Morgan fingerprint density at radius 1 is 1.13 bits per heavy atom. The molecule has 3 rings (SSSR count). The Morgan fingerprint density at radius 2 is 1.87 bits per heavy atom. The highest BCUT2D eigenvalue weighted by Crippen LogP contribution is 2.28. The number of aliphatic hydroxyl groups excluding tert-OH is 2. The van der Waals surface area contributed by atoms with Gasteiger partial charge in [-0.3, -0.25) is 28.9 Å². The highest BCUT2D eigenvalue weighted by molar-refractivity contribution is 5.91. The molecule has 2 aromatic heterocycles. The first-order chi connectivity index (χ1) is 14.7. The number of hydrogen-bond donors (Lipinski definition) is 4. The van der Waals surface area contributed by atoms with Gasteiger partial charge in [-0.25, -0.2) is 4.79 Å². The topological polar surface area (TPSA) is 190 Å². The number of nitrogens with one attached hydrogen (secondary N) is 1. The van der Waals surface area contributed by atoms with E-state index in [2.05, 4.69) is 4.98 Å². The van der Waals surface area contributed by atoms with Gasteiger partial charge in [0.15, 0.2) is 6.23 Å². The highest BCUT2D eigenvalue weighted by Gasteiger charge is 2.44. The van der Waals surface area contributed by atoms with E-state index in [1.54, 1.807) is 0 Å². The molecular weight excluding hydrogens is 418 g/mol. The molecule has 3 heterocycles. The number of nitrogens with zero attached hydrogens (tertiary/aromatic N) is 2. The fourth-order valence-electron chi connectivity index (χ4n) is 2.78. The summed E-state index contributed by atoms with van der Waals surface area (Å²) in [4.78, 5) is 52.3. The molecule has 0 amide bonds. The van der Waals surface area contributed by atoms with Gasteiger partial charge in [0, 0.05) is 12.3 Å².